The lowest BCUT2D eigenvalue weighted by molar-refractivity contribution is -0.111. The molecule has 116 valence electrons. The molecule has 2 aromatic carbocycles. The van der Waals surface area contributed by atoms with Crippen LogP contribution in [-0.4, -0.2) is 18.0 Å². The summed E-state index contributed by atoms with van der Waals surface area (Å²) in [6.45, 7) is 0. The first-order chi connectivity index (χ1) is 11.1. The van der Waals surface area contributed by atoms with Crippen molar-refractivity contribution in [2.45, 2.75) is 0 Å². The highest BCUT2D eigenvalue weighted by Gasteiger charge is 2.06. The van der Waals surface area contributed by atoms with Gasteiger partial charge in [0.15, 0.2) is 5.13 Å². The maximum Gasteiger partial charge on any atom is 0.250 e. The van der Waals surface area contributed by atoms with Crippen LogP contribution in [0.1, 0.15) is 5.56 Å². The Morgan fingerprint density at radius 1 is 1.26 bits per heavy atom. The predicted octanol–water partition coefficient (Wildman–Crippen LogP) is 4.61. The second-order valence-corrected chi connectivity index (χ2v) is 6.19. The van der Waals surface area contributed by atoms with Crippen molar-refractivity contribution in [1.82, 2.24) is 4.98 Å². The number of hydrogen-bond donors (Lipinski definition) is 1. The van der Waals surface area contributed by atoms with Gasteiger partial charge < -0.3 is 4.74 Å². The zero-order valence-corrected chi connectivity index (χ0v) is 13.8. The molecule has 4 nitrogen and oxygen atoms in total. The summed E-state index contributed by atoms with van der Waals surface area (Å²) >= 11 is 7.23. The molecule has 0 unspecified atom stereocenters. The third-order valence-corrected chi connectivity index (χ3v) is 4.31. The monoisotopic (exact) mass is 344 g/mol. The maximum atomic E-state index is 12.0. The van der Waals surface area contributed by atoms with E-state index in [0.717, 1.165) is 21.5 Å². The lowest BCUT2D eigenvalue weighted by Gasteiger charge is -1.96. The first-order valence-electron chi connectivity index (χ1n) is 6.83. The number of anilines is 1. The van der Waals surface area contributed by atoms with Crippen LogP contribution in [0.4, 0.5) is 5.13 Å². The highest BCUT2D eigenvalue weighted by atomic mass is 35.5. The van der Waals surface area contributed by atoms with Crippen molar-refractivity contribution in [1.29, 1.82) is 0 Å². The topological polar surface area (TPSA) is 51.2 Å². The number of rotatable bonds is 4. The van der Waals surface area contributed by atoms with Gasteiger partial charge in [0.2, 0.25) is 5.91 Å². The molecule has 3 rings (SSSR count). The summed E-state index contributed by atoms with van der Waals surface area (Å²) in [4.78, 5) is 16.3. The van der Waals surface area contributed by atoms with E-state index in [1.165, 1.54) is 17.4 Å². The number of benzene rings is 2. The summed E-state index contributed by atoms with van der Waals surface area (Å²) in [6.07, 6.45) is 3.19. The lowest BCUT2D eigenvalue weighted by atomic mass is 10.2. The first kappa shape index (κ1) is 15.5. The third kappa shape index (κ3) is 3.88. The SMILES string of the molecule is COc1ccc2nc(NC(=O)C=Cc3ccc(Cl)cc3)sc2c1. The molecule has 1 aromatic heterocycles. The maximum absolute atomic E-state index is 12.0. The summed E-state index contributed by atoms with van der Waals surface area (Å²) < 4.78 is 6.14. The number of ether oxygens (including phenoxy) is 1. The van der Waals surface area contributed by atoms with E-state index in [9.17, 15) is 4.79 Å². The van der Waals surface area contributed by atoms with E-state index in [4.69, 9.17) is 16.3 Å². The fourth-order valence-corrected chi connectivity index (χ4v) is 3.00. The van der Waals surface area contributed by atoms with Gasteiger partial charge in [0, 0.05) is 11.1 Å². The van der Waals surface area contributed by atoms with Crippen molar-refractivity contribution in [3.8, 4) is 5.75 Å². The van der Waals surface area contributed by atoms with Gasteiger partial charge in [-0.2, -0.15) is 0 Å². The molecule has 1 N–H and O–H groups in total. The number of methoxy groups -OCH3 is 1. The van der Waals surface area contributed by atoms with Crippen LogP contribution in [0, 0.1) is 0 Å². The molecule has 0 aliphatic heterocycles. The number of nitrogens with one attached hydrogen (secondary N) is 1. The van der Waals surface area contributed by atoms with Crippen molar-refractivity contribution >= 4 is 50.3 Å². The smallest absolute Gasteiger partial charge is 0.250 e. The average Bonchev–Trinajstić information content (AvgIpc) is 2.95. The molecule has 1 heterocycles. The minimum atomic E-state index is -0.231. The fraction of sp³-hybridized carbons (Fsp3) is 0.0588. The number of hydrogen-bond acceptors (Lipinski definition) is 4. The Labute approximate surface area is 142 Å². The molecule has 0 aliphatic carbocycles. The quantitative estimate of drug-likeness (QED) is 0.703. The number of halogens is 1. The minimum Gasteiger partial charge on any atom is -0.497 e. The Hall–Kier alpha value is -2.37. The molecule has 0 radical (unpaired) electrons. The van der Waals surface area contributed by atoms with Crippen LogP contribution in [0.3, 0.4) is 0 Å². The van der Waals surface area contributed by atoms with Gasteiger partial charge in [0.25, 0.3) is 0 Å². The van der Waals surface area contributed by atoms with Crippen molar-refractivity contribution in [2.75, 3.05) is 12.4 Å². The van der Waals surface area contributed by atoms with E-state index >= 15 is 0 Å². The highest BCUT2D eigenvalue weighted by Crippen LogP contribution is 2.29. The van der Waals surface area contributed by atoms with Gasteiger partial charge in [0.1, 0.15) is 5.75 Å². The molecule has 0 bridgehead atoms. The Morgan fingerprint density at radius 3 is 2.78 bits per heavy atom. The van der Waals surface area contributed by atoms with Crippen LogP contribution in [0.2, 0.25) is 5.02 Å². The molecule has 0 aliphatic rings. The van der Waals surface area contributed by atoms with E-state index in [2.05, 4.69) is 10.3 Å². The van der Waals surface area contributed by atoms with Crippen LogP contribution in [0.5, 0.6) is 5.75 Å². The molecule has 0 saturated heterocycles. The third-order valence-electron chi connectivity index (χ3n) is 3.12. The van der Waals surface area contributed by atoms with Gasteiger partial charge in [0.05, 0.1) is 17.3 Å². The van der Waals surface area contributed by atoms with E-state index in [1.807, 2.05) is 30.3 Å². The van der Waals surface area contributed by atoms with Crippen molar-refractivity contribution < 1.29 is 9.53 Å². The second kappa shape index (κ2) is 6.81. The van der Waals surface area contributed by atoms with Crippen molar-refractivity contribution in [3.05, 3.63) is 59.1 Å². The molecule has 0 saturated carbocycles. The summed E-state index contributed by atoms with van der Waals surface area (Å²) in [5, 5.41) is 3.98. The normalized spacial score (nSPS) is 11.0. The number of carbonyl (C=O) groups is 1. The number of fused-ring (bicyclic) bond motifs is 1. The van der Waals surface area contributed by atoms with Crippen LogP contribution in [-0.2, 0) is 4.79 Å². The Balaban J connectivity index is 1.71. The largest absolute Gasteiger partial charge is 0.497 e. The van der Waals surface area contributed by atoms with Gasteiger partial charge in [-0.3, -0.25) is 10.1 Å². The van der Waals surface area contributed by atoms with Gasteiger partial charge in [-0.1, -0.05) is 35.1 Å². The van der Waals surface area contributed by atoms with Gasteiger partial charge >= 0.3 is 0 Å². The highest BCUT2D eigenvalue weighted by molar-refractivity contribution is 7.22. The van der Waals surface area contributed by atoms with Crippen molar-refractivity contribution in [3.63, 3.8) is 0 Å². The molecule has 0 spiro atoms. The summed E-state index contributed by atoms with van der Waals surface area (Å²) in [7, 11) is 1.62. The van der Waals surface area contributed by atoms with Crippen molar-refractivity contribution in [2.24, 2.45) is 0 Å². The number of thiazole rings is 1. The van der Waals surface area contributed by atoms with Crippen LogP contribution >= 0.6 is 22.9 Å². The van der Waals surface area contributed by atoms with Crippen LogP contribution < -0.4 is 10.1 Å². The van der Waals surface area contributed by atoms with E-state index in [-0.39, 0.29) is 5.91 Å². The van der Waals surface area contributed by atoms with Crippen LogP contribution in [0.15, 0.2) is 48.5 Å². The molecule has 6 heteroatoms. The Bertz CT molecular complexity index is 872. The number of aromatic nitrogens is 1. The minimum absolute atomic E-state index is 0.231. The second-order valence-electron chi connectivity index (χ2n) is 4.73. The molecular formula is C17H13ClN2O2S. The first-order valence-corrected chi connectivity index (χ1v) is 8.03. The lowest BCUT2D eigenvalue weighted by Crippen LogP contribution is -2.07. The molecule has 1 amide bonds. The molecule has 3 aromatic rings. The molecule has 0 fully saturated rings. The van der Waals surface area contributed by atoms with E-state index in [1.54, 1.807) is 25.3 Å². The molecular weight excluding hydrogens is 332 g/mol. The Morgan fingerprint density at radius 2 is 2.04 bits per heavy atom. The number of carbonyl (C=O) groups excluding carboxylic acids is 1. The number of nitrogens with zero attached hydrogens (tertiary/aromatic N) is 1. The van der Waals surface area contributed by atoms with E-state index in [0.29, 0.717) is 10.2 Å². The van der Waals surface area contributed by atoms with Gasteiger partial charge in [-0.25, -0.2) is 4.98 Å². The zero-order valence-electron chi connectivity index (χ0n) is 12.2. The zero-order chi connectivity index (χ0) is 16.2. The van der Waals surface area contributed by atoms with Gasteiger partial charge in [-0.15, -0.1) is 0 Å². The standard InChI is InChI=1S/C17H13ClN2O2S/c1-22-13-7-8-14-15(10-13)23-17(19-14)20-16(21)9-4-11-2-5-12(18)6-3-11/h2-10H,1H3,(H,19,20,21). The predicted molar refractivity (Wildman–Crippen MR) is 95.3 cm³/mol. The molecule has 0 atom stereocenters. The van der Waals surface area contributed by atoms with Crippen LogP contribution in [0.25, 0.3) is 16.3 Å². The summed E-state index contributed by atoms with van der Waals surface area (Å²) in [5.41, 5.74) is 1.73. The summed E-state index contributed by atoms with van der Waals surface area (Å²) in [6, 6.07) is 12.8. The fourth-order valence-electron chi connectivity index (χ4n) is 1.98. The Kier molecular flexibility index (Phi) is 4.60. The van der Waals surface area contributed by atoms with E-state index < -0.39 is 0 Å². The number of amides is 1. The average molecular weight is 345 g/mol. The molecule has 23 heavy (non-hydrogen) atoms. The van der Waals surface area contributed by atoms with Gasteiger partial charge in [-0.05, 0) is 42.0 Å². The summed E-state index contributed by atoms with van der Waals surface area (Å²) in [5.74, 6) is 0.535.